The van der Waals surface area contributed by atoms with Crippen molar-refractivity contribution < 1.29 is 9.53 Å². The summed E-state index contributed by atoms with van der Waals surface area (Å²) in [4.78, 5) is 19.5. The largest absolute Gasteiger partial charge is 0.383 e. The molecule has 1 amide bonds. The number of nitrogens with zero attached hydrogens (tertiary/aromatic N) is 3. The Morgan fingerprint density at radius 3 is 2.64 bits per heavy atom. The van der Waals surface area contributed by atoms with Gasteiger partial charge in [0.1, 0.15) is 6.54 Å². The number of carbonyl (C=O) groups is 1. The SMILES string of the molecule is COCCn1c(C)cc([C@H]2[C@H](c3ccccn3)NC(=S)N2CC(=O)Nc2ccccc2)c1C. The van der Waals surface area contributed by atoms with Crippen LogP contribution in [0, 0.1) is 13.8 Å². The fraction of sp³-hybridized carbons (Fsp3) is 0.320. The van der Waals surface area contributed by atoms with Crippen LogP contribution >= 0.6 is 12.2 Å². The molecular weight excluding hydrogens is 434 g/mol. The average Bonchev–Trinajstić information content (AvgIpc) is 3.28. The highest BCUT2D eigenvalue weighted by Crippen LogP contribution is 2.40. The molecule has 0 unspecified atom stereocenters. The molecule has 1 aromatic carbocycles. The molecule has 1 aliphatic heterocycles. The van der Waals surface area contributed by atoms with Crippen LogP contribution in [0.4, 0.5) is 5.69 Å². The van der Waals surface area contributed by atoms with E-state index in [0.717, 1.165) is 34.9 Å². The predicted octanol–water partition coefficient (Wildman–Crippen LogP) is 3.76. The number of ether oxygens (including phenoxy) is 1. The van der Waals surface area contributed by atoms with Crippen molar-refractivity contribution in [2.45, 2.75) is 32.5 Å². The molecule has 7 nitrogen and oxygen atoms in total. The number of thiocarbonyl (C=S) groups is 1. The number of aryl methyl sites for hydroxylation is 1. The summed E-state index contributed by atoms with van der Waals surface area (Å²) in [5.74, 6) is -0.120. The maximum absolute atomic E-state index is 13.0. The first-order chi connectivity index (χ1) is 16.0. The Balaban J connectivity index is 1.68. The van der Waals surface area contributed by atoms with Crippen molar-refractivity contribution in [3.63, 3.8) is 0 Å². The maximum atomic E-state index is 13.0. The van der Waals surface area contributed by atoms with Crippen molar-refractivity contribution in [3.05, 3.63) is 83.4 Å². The van der Waals surface area contributed by atoms with Crippen LogP contribution in [0.25, 0.3) is 0 Å². The summed E-state index contributed by atoms with van der Waals surface area (Å²) in [6.07, 6.45) is 1.78. The number of para-hydroxylation sites is 1. The third-order valence-corrected chi connectivity index (χ3v) is 6.37. The quantitative estimate of drug-likeness (QED) is 0.496. The first-order valence-corrected chi connectivity index (χ1v) is 11.4. The minimum Gasteiger partial charge on any atom is -0.383 e. The van der Waals surface area contributed by atoms with Gasteiger partial charge in [0.15, 0.2) is 5.11 Å². The third kappa shape index (κ3) is 4.91. The van der Waals surface area contributed by atoms with Gasteiger partial charge in [-0.2, -0.15) is 0 Å². The van der Waals surface area contributed by atoms with Crippen molar-refractivity contribution in [2.75, 3.05) is 25.6 Å². The Morgan fingerprint density at radius 1 is 1.18 bits per heavy atom. The van der Waals surface area contributed by atoms with E-state index < -0.39 is 0 Å². The van der Waals surface area contributed by atoms with E-state index >= 15 is 0 Å². The normalized spacial score (nSPS) is 17.8. The summed E-state index contributed by atoms with van der Waals surface area (Å²) in [5.41, 5.74) is 5.05. The van der Waals surface area contributed by atoms with Gasteiger partial charge in [0.2, 0.25) is 5.91 Å². The van der Waals surface area contributed by atoms with E-state index in [4.69, 9.17) is 17.0 Å². The van der Waals surface area contributed by atoms with Crippen LogP contribution in [0.2, 0.25) is 0 Å². The molecule has 1 fully saturated rings. The second-order valence-corrected chi connectivity index (χ2v) is 8.53. The van der Waals surface area contributed by atoms with E-state index in [9.17, 15) is 4.79 Å². The van der Waals surface area contributed by atoms with Gasteiger partial charge < -0.3 is 24.8 Å². The zero-order valence-corrected chi connectivity index (χ0v) is 19.9. The number of hydrogen-bond acceptors (Lipinski definition) is 4. The molecule has 33 heavy (non-hydrogen) atoms. The lowest BCUT2D eigenvalue weighted by atomic mass is 9.97. The van der Waals surface area contributed by atoms with Gasteiger partial charge in [-0.05, 0) is 62.0 Å². The minimum atomic E-state index is -0.170. The Kier molecular flexibility index (Phi) is 7.05. The van der Waals surface area contributed by atoms with Gasteiger partial charge in [-0.3, -0.25) is 9.78 Å². The van der Waals surface area contributed by atoms with Gasteiger partial charge in [0.05, 0.1) is 24.4 Å². The van der Waals surface area contributed by atoms with Crippen molar-refractivity contribution in [1.29, 1.82) is 0 Å². The molecule has 0 bridgehead atoms. The number of methoxy groups -OCH3 is 1. The molecule has 1 saturated heterocycles. The summed E-state index contributed by atoms with van der Waals surface area (Å²) < 4.78 is 7.55. The molecule has 8 heteroatoms. The number of benzene rings is 1. The summed E-state index contributed by atoms with van der Waals surface area (Å²) in [6.45, 7) is 5.73. The number of hydrogen-bond donors (Lipinski definition) is 2. The lowest BCUT2D eigenvalue weighted by Gasteiger charge is -2.27. The molecule has 0 spiro atoms. The summed E-state index contributed by atoms with van der Waals surface area (Å²) in [6, 6.07) is 17.2. The van der Waals surface area contributed by atoms with Crippen LogP contribution in [0.5, 0.6) is 0 Å². The second kappa shape index (κ2) is 10.1. The number of nitrogens with one attached hydrogen (secondary N) is 2. The molecule has 2 aromatic heterocycles. The van der Waals surface area contributed by atoms with Gasteiger partial charge in [-0.15, -0.1) is 0 Å². The Labute approximate surface area is 199 Å². The Morgan fingerprint density at radius 2 is 1.94 bits per heavy atom. The molecule has 3 heterocycles. The summed E-state index contributed by atoms with van der Waals surface area (Å²) >= 11 is 5.71. The zero-order valence-electron chi connectivity index (χ0n) is 19.1. The highest BCUT2D eigenvalue weighted by atomic mass is 32.1. The molecular formula is C25H29N5O2S. The molecule has 172 valence electrons. The Hall–Kier alpha value is -3.23. The predicted molar refractivity (Wildman–Crippen MR) is 133 cm³/mol. The number of anilines is 1. The highest BCUT2D eigenvalue weighted by Gasteiger charge is 2.42. The fourth-order valence-corrected chi connectivity index (χ4v) is 4.75. The molecule has 3 aromatic rings. The van der Waals surface area contributed by atoms with E-state index in [2.05, 4.69) is 40.1 Å². The summed E-state index contributed by atoms with van der Waals surface area (Å²) in [7, 11) is 1.71. The third-order valence-electron chi connectivity index (χ3n) is 6.02. The van der Waals surface area contributed by atoms with Crippen LogP contribution in [0.3, 0.4) is 0 Å². The van der Waals surface area contributed by atoms with Crippen molar-refractivity contribution in [3.8, 4) is 0 Å². The van der Waals surface area contributed by atoms with Gasteiger partial charge in [-0.25, -0.2) is 0 Å². The van der Waals surface area contributed by atoms with Gasteiger partial charge in [0, 0.05) is 36.9 Å². The fourth-order valence-electron chi connectivity index (χ4n) is 4.44. The van der Waals surface area contributed by atoms with E-state index in [0.29, 0.717) is 11.7 Å². The van der Waals surface area contributed by atoms with Gasteiger partial charge in [-0.1, -0.05) is 24.3 Å². The number of amides is 1. The van der Waals surface area contributed by atoms with Crippen LogP contribution in [0.1, 0.15) is 34.7 Å². The molecule has 2 atom stereocenters. The molecule has 4 rings (SSSR count). The monoisotopic (exact) mass is 463 g/mol. The van der Waals surface area contributed by atoms with Crippen LogP contribution < -0.4 is 10.6 Å². The van der Waals surface area contributed by atoms with Crippen molar-refractivity contribution >= 4 is 28.9 Å². The maximum Gasteiger partial charge on any atom is 0.244 e. The van der Waals surface area contributed by atoms with E-state index in [-0.39, 0.29) is 24.5 Å². The summed E-state index contributed by atoms with van der Waals surface area (Å²) in [5, 5.41) is 6.93. The van der Waals surface area contributed by atoms with Crippen LogP contribution in [-0.2, 0) is 16.1 Å². The Bertz CT molecular complexity index is 1120. The number of carbonyl (C=O) groups excluding carboxylic acids is 1. The smallest absolute Gasteiger partial charge is 0.244 e. The van der Waals surface area contributed by atoms with Crippen LogP contribution in [0.15, 0.2) is 60.8 Å². The minimum absolute atomic E-state index is 0.120. The molecule has 2 N–H and O–H groups in total. The average molecular weight is 464 g/mol. The van der Waals surface area contributed by atoms with Gasteiger partial charge >= 0.3 is 0 Å². The van der Waals surface area contributed by atoms with Gasteiger partial charge in [0.25, 0.3) is 0 Å². The highest BCUT2D eigenvalue weighted by molar-refractivity contribution is 7.80. The van der Waals surface area contributed by atoms with Crippen molar-refractivity contribution in [1.82, 2.24) is 19.8 Å². The molecule has 0 saturated carbocycles. The van der Waals surface area contributed by atoms with E-state index in [1.54, 1.807) is 13.3 Å². The molecule has 0 aliphatic carbocycles. The zero-order chi connectivity index (χ0) is 23.4. The van der Waals surface area contributed by atoms with Crippen LogP contribution in [-0.4, -0.2) is 45.7 Å². The standard InChI is InChI=1S/C25H29N5O2S/c1-17-15-20(18(2)29(17)13-14-32-3)24-23(21-11-7-8-12-26-21)28-25(33)30(24)16-22(31)27-19-9-5-4-6-10-19/h4-12,15,23-24H,13-14,16H2,1-3H3,(H,27,31)(H,28,33)/t23-,24-/m0/s1. The number of rotatable bonds is 8. The van der Waals surface area contributed by atoms with Crippen molar-refractivity contribution in [2.24, 2.45) is 0 Å². The number of pyridine rings is 1. The van der Waals surface area contributed by atoms with E-state index in [1.807, 2.05) is 53.4 Å². The lowest BCUT2D eigenvalue weighted by molar-refractivity contribution is -0.116. The number of aromatic nitrogens is 2. The molecule has 1 aliphatic rings. The lowest BCUT2D eigenvalue weighted by Crippen LogP contribution is -2.37. The van der Waals surface area contributed by atoms with E-state index in [1.165, 1.54) is 0 Å². The second-order valence-electron chi connectivity index (χ2n) is 8.14. The first-order valence-electron chi connectivity index (χ1n) is 11.0. The molecule has 0 radical (unpaired) electrons. The topological polar surface area (TPSA) is 71.4 Å². The first kappa shape index (κ1) is 22.9.